The fourth-order valence-corrected chi connectivity index (χ4v) is 4.16. The summed E-state index contributed by atoms with van der Waals surface area (Å²) in [5.41, 5.74) is 0.910. The number of rotatable bonds is 5. The smallest absolute Gasteiger partial charge is 0.317 e. The summed E-state index contributed by atoms with van der Waals surface area (Å²) in [5.74, 6) is 0.158. The van der Waals surface area contributed by atoms with Crippen LogP contribution in [0.1, 0.15) is 18.4 Å². The van der Waals surface area contributed by atoms with Crippen LogP contribution in [-0.4, -0.2) is 76.1 Å². The predicted molar refractivity (Wildman–Crippen MR) is 107 cm³/mol. The molecule has 0 aromatic heterocycles. The molecular formula is C19H28N4O5S. The Labute approximate surface area is 171 Å². The third kappa shape index (κ3) is 5.91. The highest BCUT2D eigenvalue weighted by molar-refractivity contribution is 7.89. The Morgan fingerprint density at radius 1 is 1.03 bits per heavy atom. The number of hydrogen-bond acceptors (Lipinski definition) is 5. The van der Waals surface area contributed by atoms with E-state index in [4.69, 9.17) is 9.88 Å². The molecule has 3 rings (SSSR count). The van der Waals surface area contributed by atoms with Gasteiger partial charge in [0, 0.05) is 38.6 Å². The van der Waals surface area contributed by atoms with E-state index >= 15 is 0 Å². The van der Waals surface area contributed by atoms with Crippen molar-refractivity contribution in [3.63, 3.8) is 0 Å². The summed E-state index contributed by atoms with van der Waals surface area (Å²) in [6, 6.07) is 6.16. The van der Waals surface area contributed by atoms with Gasteiger partial charge in [0.25, 0.3) is 0 Å². The van der Waals surface area contributed by atoms with Crippen LogP contribution >= 0.6 is 0 Å². The summed E-state index contributed by atoms with van der Waals surface area (Å²) in [4.78, 5) is 28.6. The van der Waals surface area contributed by atoms with Gasteiger partial charge in [-0.3, -0.25) is 4.79 Å². The van der Waals surface area contributed by atoms with Crippen LogP contribution in [0.2, 0.25) is 0 Å². The molecule has 0 unspecified atom stereocenters. The van der Waals surface area contributed by atoms with E-state index in [0.29, 0.717) is 65.2 Å². The Bertz CT molecular complexity index is 814. The first-order valence-electron chi connectivity index (χ1n) is 9.85. The fraction of sp³-hybridized carbons (Fsp3) is 0.579. The number of benzene rings is 1. The van der Waals surface area contributed by atoms with Gasteiger partial charge in [-0.05, 0) is 37.0 Å². The number of carbonyl (C=O) groups is 2. The lowest BCUT2D eigenvalue weighted by molar-refractivity contribution is -0.141. The number of ether oxygens (including phenoxy) is 1. The molecule has 0 aliphatic carbocycles. The molecule has 2 aliphatic heterocycles. The van der Waals surface area contributed by atoms with Crippen LogP contribution in [-0.2, 0) is 26.0 Å². The van der Waals surface area contributed by atoms with E-state index < -0.39 is 10.0 Å². The lowest BCUT2D eigenvalue weighted by Gasteiger charge is -2.35. The highest BCUT2D eigenvalue weighted by Crippen LogP contribution is 2.20. The maximum absolute atomic E-state index is 12.6. The zero-order valence-electron chi connectivity index (χ0n) is 16.4. The van der Waals surface area contributed by atoms with E-state index in [1.165, 1.54) is 12.1 Å². The molecule has 1 aromatic rings. The SMILES string of the molecule is NS(=O)(=O)c1ccc(CCNC(=O)N2CCC(C(=O)N3CCOCC3)CC2)cc1. The average molecular weight is 425 g/mol. The largest absolute Gasteiger partial charge is 0.378 e. The minimum absolute atomic E-state index is 0.0190. The number of nitrogens with one attached hydrogen (secondary N) is 1. The molecule has 0 bridgehead atoms. The van der Waals surface area contributed by atoms with Crippen molar-refractivity contribution in [3.05, 3.63) is 29.8 Å². The summed E-state index contributed by atoms with van der Waals surface area (Å²) < 4.78 is 27.8. The van der Waals surface area contributed by atoms with Crippen LogP contribution in [0.3, 0.4) is 0 Å². The van der Waals surface area contributed by atoms with E-state index in [0.717, 1.165) is 5.56 Å². The Kier molecular flexibility index (Phi) is 7.09. The lowest BCUT2D eigenvalue weighted by atomic mass is 9.95. The number of carbonyl (C=O) groups excluding carboxylic acids is 2. The Morgan fingerprint density at radius 2 is 1.66 bits per heavy atom. The molecule has 29 heavy (non-hydrogen) atoms. The van der Waals surface area contributed by atoms with Gasteiger partial charge >= 0.3 is 6.03 Å². The van der Waals surface area contributed by atoms with Crippen molar-refractivity contribution in [1.82, 2.24) is 15.1 Å². The molecule has 3 amide bonds. The molecule has 3 N–H and O–H groups in total. The summed E-state index contributed by atoms with van der Waals surface area (Å²) in [6.45, 7) is 4.07. The van der Waals surface area contributed by atoms with Crippen LogP contribution in [0.15, 0.2) is 29.2 Å². The van der Waals surface area contributed by atoms with Gasteiger partial charge in [0.2, 0.25) is 15.9 Å². The van der Waals surface area contributed by atoms with E-state index in [1.807, 2.05) is 4.90 Å². The number of likely N-dealkylation sites (tertiary alicyclic amines) is 1. The molecular weight excluding hydrogens is 396 g/mol. The maximum Gasteiger partial charge on any atom is 0.317 e. The van der Waals surface area contributed by atoms with Gasteiger partial charge in [-0.1, -0.05) is 12.1 Å². The molecule has 2 fully saturated rings. The number of sulfonamides is 1. The summed E-state index contributed by atoms with van der Waals surface area (Å²) >= 11 is 0. The molecule has 1 aromatic carbocycles. The number of nitrogens with two attached hydrogens (primary N) is 1. The van der Waals surface area contributed by atoms with E-state index in [-0.39, 0.29) is 22.8 Å². The maximum atomic E-state index is 12.6. The molecule has 0 spiro atoms. The average Bonchev–Trinajstić information content (AvgIpc) is 2.73. The number of nitrogens with zero attached hydrogens (tertiary/aromatic N) is 2. The van der Waals surface area contributed by atoms with Crippen molar-refractivity contribution in [3.8, 4) is 0 Å². The predicted octanol–water partition coefficient (Wildman–Crippen LogP) is 0.157. The first kappa shape index (κ1) is 21.5. The number of urea groups is 1. The van der Waals surface area contributed by atoms with Gasteiger partial charge in [-0.15, -0.1) is 0 Å². The fourth-order valence-electron chi connectivity index (χ4n) is 3.64. The van der Waals surface area contributed by atoms with Crippen LogP contribution in [0.4, 0.5) is 4.79 Å². The van der Waals surface area contributed by atoms with Crippen molar-refractivity contribution in [2.45, 2.75) is 24.2 Å². The van der Waals surface area contributed by atoms with Crippen molar-refractivity contribution in [2.24, 2.45) is 11.1 Å². The second-order valence-electron chi connectivity index (χ2n) is 7.37. The molecule has 0 saturated carbocycles. The quantitative estimate of drug-likeness (QED) is 0.697. The van der Waals surface area contributed by atoms with Gasteiger partial charge < -0.3 is 19.9 Å². The molecule has 0 atom stereocenters. The monoisotopic (exact) mass is 424 g/mol. The third-order valence-corrected chi connectivity index (χ3v) is 6.33. The number of hydrogen-bond donors (Lipinski definition) is 2. The normalized spacial score (nSPS) is 18.5. The summed E-state index contributed by atoms with van der Waals surface area (Å²) in [7, 11) is -3.70. The van der Waals surface area contributed by atoms with Gasteiger partial charge in [0.1, 0.15) is 0 Å². The topological polar surface area (TPSA) is 122 Å². The van der Waals surface area contributed by atoms with Crippen molar-refractivity contribution < 1.29 is 22.7 Å². The highest BCUT2D eigenvalue weighted by atomic mass is 32.2. The second kappa shape index (κ2) is 9.55. The number of piperidine rings is 1. The van der Waals surface area contributed by atoms with Crippen LogP contribution < -0.4 is 10.5 Å². The van der Waals surface area contributed by atoms with Crippen LogP contribution in [0, 0.1) is 5.92 Å². The Morgan fingerprint density at radius 3 is 2.24 bits per heavy atom. The number of amides is 3. The first-order valence-corrected chi connectivity index (χ1v) is 11.4. The lowest BCUT2D eigenvalue weighted by Crippen LogP contribution is -2.49. The third-order valence-electron chi connectivity index (χ3n) is 5.40. The highest BCUT2D eigenvalue weighted by Gasteiger charge is 2.30. The number of morpholine rings is 1. The molecule has 9 nitrogen and oxygen atoms in total. The number of primary sulfonamides is 1. The van der Waals surface area contributed by atoms with Crippen LogP contribution in [0.5, 0.6) is 0 Å². The Hall–Kier alpha value is -2.17. The van der Waals surface area contributed by atoms with Gasteiger partial charge in [-0.25, -0.2) is 18.4 Å². The van der Waals surface area contributed by atoms with E-state index in [1.54, 1.807) is 17.0 Å². The molecule has 10 heteroatoms. The minimum atomic E-state index is -3.70. The second-order valence-corrected chi connectivity index (χ2v) is 8.93. The standard InChI is InChI=1S/C19H28N4O5S/c20-29(26,27)17-3-1-15(2-4-17)5-8-21-19(25)23-9-6-16(7-10-23)18(24)22-11-13-28-14-12-22/h1-4,16H,5-14H2,(H,21,25)(H2,20,26,27). The summed E-state index contributed by atoms with van der Waals surface area (Å²) in [5, 5.41) is 7.97. The van der Waals surface area contributed by atoms with Crippen molar-refractivity contribution >= 4 is 22.0 Å². The molecule has 0 radical (unpaired) electrons. The van der Waals surface area contributed by atoms with Gasteiger partial charge in [0.15, 0.2) is 0 Å². The Balaban J connectivity index is 1.39. The minimum Gasteiger partial charge on any atom is -0.378 e. The first-order chi connectivity index (χ1) is 13.8. The molecule has 2 aliphatic rings. The van der Waals surface area contributed by atoms with Crippen LogP contribution in [0.25, 0.3) is 0 Å². The van der Waals surface area contributed by atoms with Gasteiger partial charge in [0.05, 0.1) is 18.1 Å². The molecule has 2 saturated heterocycles. The zero-order valence-corrected chi connectivity index (χ0v) is 17.2. The molecule has 160 valence electrons. The molecule has 2 heterocycles. The van der Waals surface area contributed by atoms with Crippen molar-refractivity contribution in [1.29, 1.82) is 0 Å². The van der Waals surface area contributed by atoms with E-state index in [2.05, 4.69) is 5.32 Å². The van der Waals surface area contributed by atoms with E-state index in [9.17, 15) is 18.0 Å². The summed E-state index contributed by atoms with van der Waals surface area (Å²) in [6.07, 6.45) is 1.94. The zero-order chi connectivity index (χ0) is 20.9. The van der Waals surface area contributed by atoms with Gasteiger partial charge in [-0.2, -0.15) is 0 Å². The van der Waals surface area contributed by atoms with Crippen molar-refractivity contribution in [2.75, 3.05) is 45.9 Å².